The maximum Gasteiger partial charge on any atom is 0.327 e. The number of hydrogen-bond acceptors (Lipinski definition) is 6. The number of imide groups is 1. The average molecular weight is 487 g/mol. The first-order valence-electron chi connectivity index (χ1n) is 12.1. The Bertz CT molecular complexity index is 1350. The van der Waals surface area contributed by atoms with E-state index in [1.165, 1.54) is 9.80 Å². The molecule has 184 valence electrons. The third-order valence-electron chi connectivity index (χ3n) is 6.99. The lowest BCUT2D eigenvalue weighted by Crippen LogP contribution is -2.70. The van der Waals surface area contributed by atoms with Gasteiger partial charge in [-0.25, -0.2) is 4.79 Å². The number of rotatable bonds is 5. The normalized spacial score (nSPS) is 21.0. The molecule has 3 aromatic carbocycles. The summed E-state index contributed by atoms with van der Waals surface area (Å²) >= 11 is 0. The highest BCUT2D eigenvalue weighted by Crippen LogP contribution is 2.34. The molecule has 0 bridgehead atoms. The number of benzene rings is 3. The van der Waals surface area contributed by atoms with E-state index in [-0.39, 0.29) is 37.7 Å². The minimum atomic E-state index is -0.546. The molecule has 2 unspecified atom stereocenters. The molecule has 0 saturated carbocycles. The van der Waals surface area contributed by atoms with Gasteiger partial charge in [0.1, 0.15) is 12.6 Å². The number of urea groups is 1. The second-order valence-corrected chi connectivity index (χ2v) is 9.24. The van der Waals surface area contributed by atoms with Crippen LogP contribution in [0.15, 0.2) is 60.7 Å². The smallest absolute Gasteiger partial charge is 0.327 e. The molecule has 2 fully saturated rings. The SMILES string of the molecule is O=C(CN1C(=O)N(Cc2ccc3c(c2)OCO3)C(=O)C2NCCCC21)Nc1cccc2ccccc12. The molecule has 2 atom stereocenters. The Labute approximate surface area is 207 Å². The van der Waals surface area contributed by atoms with Crippen LogP contribution < -0.4 is 20.1 Å². The van der Waals surface area contributed by atoms with Crippen LogP contribution in [-0.4, -0.2) is 59.6 Å². The predicted molar refractivity (Wildman–Crippen MR) is 133 cm³/mol. The van der Waals surface area contributed by atoms with Gasteiger partial charge in [-0.1, -0.05) is 42.5 Å². The van der Waals surface area contributed by atoms with Gasteiger partial charge in [-0.3, -0.25) is 14.5 Å². The fraction of sp³-hybridized carbons (Fsp3) is 0.296. The molecule has 9 nitrogen and oxygen atoms in total. The average Bonchev–Trinajstić information content (AvgIpc) is 3.37. The number of piperidine rings is 1. The predicted octanol–water partition coefficient (Wildman–Crippen LogP) is 3.09. The van der Waals surface area contributed by atoms with E-state index in [4.69, 9.17) is 9.47 Å². The van der Waals surface area contributed by atoms with Crippen LogP contribution in [0.4, 0.5) is 10.5 Å². The molecule has 3 aliphatic heterocycles. The third kappa shape index (κ3) is 4.01. The van der Waals surface area contributed by atoms with Gasteiger partial charge < -0.3 is 25.0 Å². The highest BCUT2D eigenvalue weighted by atomic mass is 16.7. The van der Waals surface area contributed by atoms with E-state index < -0.39 is 12.1 Å². The molecule has 0 radical (unpaired) electrons. The van der Waals surface area contributed by atoms with E-state index in [1.807, 2.05) is 48.5 Å². The standard InChI is InChI=1S/C27H26N4O5/c32-24(29-20-8-3-6-18-5-1-2-7-19(18)20)15-30-21-9-4-12-28-25(21)26(33)31(27(30)34)14-17-10-11-22-23(13-17)36-16-35-22/h1-3,5-8,10-11,13,21,25,28H,4,9,12,14-16H2,(H,29,32). The van der Waals surface area contributed by atoms with Crippen molar-refractivity contribution in [2.75, 3.05) is 25.2 Å². The first kappa shape index (κ1) is 22.4. The Morgan fingerprint density at radius 3 is 2.78 bits per heavy atom. The van der Waals surface area contributed by atoms with Gasteiger partial charge in [-0.2, -0.15) is 0 Å². The lowest BCUT2D eigenvalue weighted by Gasteiger charge is -2.46. The Morgan fingerprint density at radius 1 is 1.03 bits per heavy atom. The fourth-order valence-corrected chi connectivity index (χ4v) is 5.25. The van der Waals surface area contributed by atoms with Crippen LogP contribution in [0.3, 0.4) is 0 Å². The summed E-state index contributed by atoms with van der Waals surface area (Å²) in [6.45, 7) is 0.777. The summed E-state index contributed by atoms with van der Waals surface area (Å²) in [5.74, 6) is 0.648. The van der Waals surface area contributed by atoms with Crippen molar-refractivity contribution in [3.05, 3.63) is 66.2 Å². The van der Waals surface area contributed by atoms with E-state index in [0.717, 1.165) is 22.8 Å². The van der Waals surface area contributed by atoms with Crippen LogP contribution >= 0.6 is 0 Å². The summed E-state index contributed by atoms with van der Waals surface area (Å²) in [6, 6.07) is 17.5. The van der Waals surface area contributed by atoms with Crippen LogP contribution in [0.5, 0.6) is 11.5 Å². The number of anilines is 1. The second-order valence-electron chi connectivity index (χ2n) is 9.24. The van der Waals surface area contributed by atoms with Crippen LogP contribution in [0.1, 0.15) is 18.4 Å². The summed E-state index contributed by atoms with van der Waals surface area (Å²) in [5.41, 5.74) is 1.43. The van der Waals surface area contributed by atoms with Crippen LogP contribution in [0.25, 0.3) is 10.8 Å². The number of nitrogens with zero attached hydrogens (tertiary/aromatic N) is 2. The number of amides is 4. The quantitative estimate of drug-likeness (QED) is 0.575. The van der Waals surface area contributed by atoms with Gasteiger partial charge in [-0.15, -0.1) is 0 Å². The molecule has 3 aromatic rings. The molecule has 2 N–H and O–H groups in total. The van der Waals surface area contributed by atoms with Crippen LogP contribution in [-0.2, 0) is 16.1 Å². The summed E-state index contributed by atoms with van der Waals surface area (Å²) in [6.07, 6.45) is 1.49. The minimum Gasteiger partial charge on any atom is -0.454 e. The molecule has 0 spiro atoms. The van der Waals surface area contributed by atoms with Gasteiger partial charge in [-0.05, 0) is 48.5 Å². The Morgan fingerprint density at radius 2 is 1.86 bits per heavy atom. The molecule has 9 heteroatoms. The highest BCUT2D eigenvalue weighted by molar-refractivity contribution is 6.05. The number of fused-ring (bicyclic) bond motifs is 3. The summed E-state index contributed by atoms with van der Waals surface area (Å²) < 4.78 is 10.8. The van der Waals surface area contributed by atoms with Crippen molar-refractivity contribution < 1.29 is 23.9 Å². The highest BCUT2D eigenvalue weighted by Gasteiger charge is 2.47. The van der Waals surface area contributed by atoms with Crippen molar-refractivity contribution in [1.29, 1.82) is 0 Å². The number of carbonyl (C=O) groups is 3. The van der Waals surface area contributed by atoms with E-state index in [2.05, 4.69) is 10.6 Å². The van der Waals surface area contributed by atoms with Gasteiger partial charge in [0.2, 0.25) is 18.6 Å². The largest absolute Gasteiger partial charge is 0.454 e. The van der Waals surface area contributed by atoms with E-state index in [1.54, 1.807) is 12.1 Å². The molecule has 4 amide bonds. The van der Waals surface area contributed by atoms with E-state index in [0.29, 0.717) is 30.2 Å². The molecule has 3 heterocycles. The molecule has 0 aliphatic carbocycles. The topological polar surface area (TPSA) is 100 Å². The zero-order valence-electron chi connectivity index (χ0n) is 19.6. The maximum atomic E-state index is 13.6. The number of ether oxygens (including phenoxy) is 2. The van der Waals surface area contributed by atoms with E-state index >= 15 is 0 Å². The molecule has 2 saturated heterocycles. The summed E-state index contributed by atoms with van der Waals surface area (Å²) in [4.78, 5) is 42.9. The van der Waals surface area contributed by atoms with Gasteiger partial charge in [0.05, 0.1) is 12.6 Å². The van der Waals surface area contributed by atoms with Crippen molar-refractivity contribution in [1.82, 2.24) is 15.1 Å². The van der Waals surface area contributed by atoms with Crippen LogP contribution in [0.2, 0.25) is 0 Å². The molecule has 6 rings (SSSR count). The Balaban J connectivity index is 1.24. The van der Waals surface area contributed by atoms with Gasteiger partial charge >= 0.3 is 6.03 Å². The minimum absolute atomic E-state index is 0.0840. The number of hydrogen-bond donors (Lipinski definition) is 2. The van der Waals surface area contributed by atoms with Gasteiger partial charge in [0.25, 0.3) is 0 Å². The lowest BCUT2D eigenvalue weighted by atomic mass is 9.93. The summed E-state index contributed by atoms with van der Waals surface area (Å²) in [7, 11) is 0. The molecule has 36 heavy (non-hydrogen) atoms. The van der Waals surface area contributed by atoms with Crippen molar-refractivity contribution in [2.24, 2.45) is 0 Å². The van der Waals surface area contributed by atoms with Gasteiger partial charge in [0.15, 0.2) is 11.5 Å². The van der Waals surface area contributed by atoms with Crippen molar-refractivity contribution >= 4 is 34.3 Å². The Kier molecular flexibility index (Phi) is 5.69. The number of nitrogens with one attached hydrogen (secondary N) is 2. The van der Waals surface area contributed by atoms with Gasteiger partial charge in [0, 0.05) is 11.1 Å². The molecular weight excluding hydrogens is 460 g/mol. The van der Waals surface area contributed by atoms with E-state index in [9.17, 15) is 14.4 Å². The lowest BCUT2D eigenvalue weighted by molar-refractivity contribution is -0.138. The third-order valence-corrected chi connectivity index (χ3v) is 6.99. The maximum absolute atomic E-state index is 13.6. The monoisotopic (exact) mass is 486 g/mol. The number of carbonyl (C=O) groups excluding carboxylic acids is 3. The first-order chi connectivity index (χ1) is 17.6. The molecule has 0 aromatic heterocycles. The molecular formula is C27H26N4O5. The second kappa shape index (κ2) is 9.16. The van der Waals surface area contributed by atoms with Crippen LogP contribution in [0, 0.1) is 0 Å². The zero-order chi connectivity index (χ0) is 24.6. The van der Waals surface area contributed by atoms with Crippen molar-refractivity contribution in [2.45, 2.75) is 31.5 Å². The zero-order valence-corrected chi connectivity index (χ0v) is 19.6. The Hall–Kier alpha value is -4.11. The summed E-state index contributed by atoms with van der Waals surface area (Å²) in [5, 5.41) is 8.17. The molecule has 3 aliphatic rings. The van der Waals surface area contributed by atoms with Crippen molar-refractivity contribution in [3.63, 3.8) is 0 Å². The fourth-order valence-electron chi connectivity index (χ4n) is 5.25. The van der Waals surface area contributed by atoms with Crippen molar-refractivity contribution in [3.8, 4) is 11.5 Å². The first-order valence-corrected chi connectivity index (χ1v) is 12.1.